The van der Waals surface area contributed by atoms with Gasteiger partial charge in [0.15, 0.2) is 11.3 Å². The molecule has 0 saturated heterocycles. The van der Waals surface area contributed by atoms with Crippen molar-refractivity contribution >= 4 is 23.7 Å². The van der Waals surface area contributed by atoms with Gasteiger partial charge in [0, 0.05) is 16.8 Å². The van der Waals surface area contributed by atoms with Crippen LogP contribution >= 0.6 is 11.3 Å². The van der Waals surface area contributed by atoms with Crippen LogP contribution in [0.15, 0.2) is 0 Å². The van der Waals surface area contributed by atoms with Gasteiger partial charge in [-0.3, -0.25) is 4.79 Å². The average molecular weight is 341 g/mol. The number of amides is 1. The van der Waals surface area contributed by atoms with Crippen LogP contribution in [0.4, 0.5) is 4.79 Å². The third-order valence-corrected chi connectivity index (χ3v) is 4.87. The van der Waals surface area contributed by atoms with Crippen LogP contribution in [0.2, 0.25) is 0 Å². The van der Waals surface area contributed by atoms with E-state index in [2.05, 4.69) is 43.7 Å². The van der Waals surface area contributed by atoms with Crippen LogP contribution in [-0.2, 0) is 6.42 Å². The van der Waals surface area contributed by atoms with Crippen molar-refractivity contribution in [2.75, 3.05) is 6.54 Å². The second-order valence-corrected chi connectivity index (χ2v) is 7.94. The highest BCUT2D eigenvalue weighted by atomic mass is 32.1. The maximum atomic E-state index is 11.0. The highest BCUT2D eigenvalue weighted by molar-refractivity contribution is 7.13. The number of aromatic nitrogens is 1. The summed E-state index contributed by atoms with van der Waals surface area (Å²) in [5.74, 6) is 0.440. The molecule has 2 atom stereocenters. The lowest BCUT2D eigenvalue weighted by Crippen LogP contribution is -2.39. The summed E-state index contributed by atoms with van der Waals surface area (Å²) in [7, 11) is 0. The van der Waals surface area contributed by atoms with Crippen LogP contribution in [0.3, 0.4) is 0 Å². The Kier molecular flexibility index (Phi) is 7.15. The maximum absolute atomic E-state index is 11.0. The minimum atomic E-state index is -1.33. The Bertz CT molecular complexity index is 533. The van der Waals surface area contributed by atoms with E-state index in [9.17, 15) is 4.79 Å². The molecule has 1 aromatic rings. The molecule has 23 heavy (non-hydrogen) atoms. The van der Waals surface area contributed by atoms with Gasteiger partial charge >= 0.3 is 6.09 Å². The number of carbonyl (C=O) groups is 2. The first kappa shape index (κ1) is 19.6. The summed E-state index contributed by atoms with van der Waals surface area (Å²) in [5.41, 5.74) is 5.39. The number of hydrogen-bond donors (Lipinski definition) is 3. The molecule has 0 radical (unpaired) electrons. The summed E-state index contributed by atoms with van der Waals surface area (Å²) in [6.45, 7) is 10.1. The van der Waals surface area contributed by atoms with Gasteiger partial charge in [0.05, 0.1) is 5.69 Å². The molecular weight excluding hydrogens is 314 g/mol. The summed E-state index contributed by atoms with van der Waals surface area (Å²) in [6, 6.07) is 0.525. The van der Waals surface area contributed by atoms with Gasteiger partial charge in [0.1, 0.15) is 0 Å². The molecule has 1 aliphatic carbocycles. The third kappa shape index (κ3) is 5.91. The molecule has 2 unspecified atom stereocenters. The fourth-order valence-corrected chi connectivity index (χ4v) is 3.84. The van der Waals surface area contributed by atoms with Gasteiger partial charge in [-0.25, -0.2) is 9.78 Å². The number of nitrogens with two attached hydrogens (primary N) is 1. The lowest BCUT2D eigenvalue weighted by atomic mass is 9.72. The Hall–Kier alpha value is -1.47. The monoisotopic (exact) mass is 341 g/mol. The Morgan fingerprint density at radius 1 is 1.52 bits per heavy atom. The summed E-state index contributed by atoms with van der Waals surface area (Å²) < 4.78 is 0. The van der Waals surface area contributed by atoms with Crippen molar-refractivity contribution in [1.29, 1.82) is 0 Å². The third-order valence-electron chi connectivity index (χ3n) is 3.86. The normalized spacial score (nSPS) is 20.2. The Balaban J connectivity index is 0.000000593. The fraction of sp³-hybridized carbons (Fsp3) is 0.688. The van der Waals surface area contributed by atoms with Gasteiger partial charge in [0.2, 0.25) is 0 Å². The van der Waals surface area contributed by atoms with Crippen LogP contribution in [-0.4, -0.2) is 35.1 Å². The largest absolute Gasteiger partial charge is 0.465 e. The number of carboxylic acid groups (broad SMARTS) is 1. The van der Waals surface area contributed by atoms with Gasteiger partial charge in [0.25, 0.3) is 0 Å². The number of carbonyl (C=O) groups excluding carboxylic acids is 1. The van der Waals surface area contributed by atoms with E-state index < -0.39 is 6.09 Å². The molecule has 1 aromatic heterocycles. The Labute approximate surface area is 141 Å². The van der Waals surface area contributed by atoms with E-state index in [-0.39, 0.29) is 5.41 Å². The Morgan fingerprint density at radius 3 is 2.61 bits per heavy atom. The van der Waals surface area contributed by atoms with E-state index in [0.717, 1.165) is 32.1 Å². The zero-order valence-corrected chi connectivity index (χ0v) is 15.1. The van der Waals surface area contributed by atoms with E-state index in [4.69, 9.17) is 9.90 Å². The number of thiazole rings is 1. The molecule has 1 heterocycles. The van der Waals surface area contributed by atoms with Crippen molar-refractivity contribution in [3.05, 3.63) is 15.6 Å². The second-order valence-electron chi connectivity index (χ2n) is 6.83. The zero-order chi connectivity index (χ0) is 17.6. The molecule has 0 fully saturated rings. The maximum Gasteiger partial charge on any atom is 0.402 e. The number of aldehydes is 1. The van der Waals surface area contributed by atoms with Gasteiger partial charge in [-0.15, -0.1) is 11.3 Å². The number of hydrogen-bond acceptors (Lipinski definition) is 5. The average Bonchev–Trinajstić information content (AvgIpc) is 2.85. The highest BCUT2D eigenvalue weighted by Gasteiger charge is 2.36. The molecule has 6 nitrogen and oxygen atoms in total. The van der Waals surface area contributed by atoms with Crippen LogP contribution in [0.25, 0.3) is 0 Å². The lowest BCUT2D eigenvalue weighted by Gasteiger charge is -2.37. The standard InChI is InChI=1S/C15H24N2OS.CH3NO2/c1-5-6-16-10-7-11(15(2,3)4)14-12(8-10)19-13(9-18)17-14;2-1(3)4/h9-11,16H,5-8H2,1-4H3;2H2,(H,3,4). The first-order chi connectivity index (χ1) is 10.7. The molecule has 0 saturated carbocycles. The van der Waals surface area contributed by atoms with Crippen molar-refractivity contribution in [3.8, 4) is 0 Å². The molecule has 1 aliphatic rings. The summed E-state index contributed by atoms with van der Waals surface area (Å²) in [6.07, 6.45) is 2.86. The minimum Gasteiger partial charge on any atom is -0.465 e. The minimum absolute atomic E-state index is 0.190. The molecule has 0 bridgehead atoms. The molecule has 1 amide bonds. The van der Waals surface area contributed by atoms with E-state index in [1.165, 1.54) is 10.6 Å². The van der Waals surface area contributed by atoms with Gasteiger partial charge < -0.3 is 16.2 Å². The first-order valence-electron chi connectivity index (χ1n) is 7.85. The van der Waals surface area contributed by atoms with Crippen LogP contribution in [0.5, 0.6) is 0 Å². The molecule has 0 aliphatic heterocycles. The molecule has 2 rings (SSSR count). The molecule has 0 aromatic carbocycles. The van der Waals surface area contributed by atoms with Crippen molar-refractivity contribution in [2.24, 2.45) is 11.1 Å². The fourth-order valence-electron chi connectivity index (χ4n) is 2.82. The molecular formula is C16H27N3O3S. The van der Waals surface area contributed by atoms with Crippen molar-refractivity contribution in [3.63, 3.8) is 0 Å². The first-order valence-corrected chi connectivity index (χ1v) is 8.67. The smallest absolute Gasteiger partial charge is 0.402 e. The zero-order valence-electron chi connectivity index (χ0n) is 14.3. The van der Waals surface area contributed by atoms with E-state index in [1.807, 2.05) is 0 Å². The predicted molar refractivity (Wildman–Crippen MR) is 92.3 cm³/mol. The number of primary amides is 1. The number of nitrogens with zero attached hydrogens (tertiary/aromatic N) is 1. The number of fused-ring (bicyclic) bond motifs is 1. The van der Waals surface area contributed by atoms with Crippen LogP contribution < -0.4 is 11.1 Å². The Morgan fingerprint density at radius 2 is 2.13 bits per heavy atom. The van der Waals surface area contributed by atoms with Crippen molar-refractivity contribution in [2.45, 2.75) is 58.9 Å². The van der Waals surface area contributed by atoms with Gasteiger partial charge in [-0.2, -0.15) is 0 Å². The van der Waals surface area contributed by atoms with E-state index >= 15 is 0 Å². The molecule has 130 valence electrons. The van der Waals surface area contributed by atoms with E-state index in [1.54, 1.807) is 11.3 Å². The SMILES string of the molecule is CCCNC1Cc2sc(C=O)nc2C(C(C)(C)C)C1.NC(=O)O. The van der Waals surface area contributed by atoms with Gasteiger partial charge in [-0.1, -0.05) is 27.7 Å². The van der Waals surface area contributed by atoms with Crippen molar-refractivity contribution in [1.82, 2.24) is 10.3 Å². The number of rotatable bonds is 4. The highest BCUT2D eigenvalue weighted by Crippen LogP contribution is 2.44. The topological polar surface area (TPSA) is 105 Å². The molecule has 0 spiro atoms. The molecule has 7 heteroatoms. The molecule has 4 N–H and O–H groups in total. The van der Waals surface area contributed by atoms with Gasteiger partial charge in [-0.05, 0) is 31.2 Å². The quantitative estimate of drug-likeness (QED) is 0.730. The van der Waals surface area contributed by atoms with Crippen LogP contribution in [0.1, 0.15) is 66.8 Å². The summed E-state index contributed by atoms with van der Waals surface area (Å²) >= 11 is 1.57. The lowest BCUT2D eigenvalue weighted by molar-refractivity contribution is 0.112. The number of nitrogens with one attached hydrogen (secondary N) is 1. The predicted octanol–water partition coefficient (Wildman–Crippen LogP) is 3.02. The van der Waals surface area contributed by atoms with Crippen molar-refractivity contribution < 1.29 is 14.7 Å². The summed E-state index contributed by atoms with van der Waals surface area (Å²) in [5, 5.41) is 11.5. The van der Waals surface area contributed by atoms with Crippen LogP contribution in [0, 0.1) is 5.41 Å². The second kappa shape index (κ2) is 8.40. The van der Waals surface area contributed by atoms with E-state index in [0.29, 0.717) is 17.0 Å². The summed E-state index contributed by atoms with van der Waals surface area (Å²) in [4.78, 5) is 25.6.